The Morgan fingerprint density at radius 1 is 0.903 bits per heavy atom. The van der Waals surface area contributed by atoms with Crippen molar-refractivity contribution < 1.29 is 19.0 Å². The number of carbonyl (C=O) groups is 1. The zero-order valence-corrected chi connectivity index (χ0v) is 18.1. The molecule has 0 bridgehead atoms. The molecule has 0 aromatic heterocycles. The zero-order chi connectivity index (χ0) is 22.0. The van der Waals surface area contributed by atoms with Crippen molar-refractivity contribution in [1.29, 1.82) is 0 Å². The molecule has 0 saturated heterocycles. The normalized spacial score (nSPS) is 15.2. The summed E-state index contributed by atoms with van der Waals surface area (Å²) >= 11 is 0. The van der Waals surface area contributed by atoms with Crippen molar-refractivity contribution in [2.45, 2.75) is 19.6 Å². The highest BCUT2D eigenvalue weighted by Crippen LogP contribution is 2.42. The lowest BCUT2D eigenvalue weighted by molar-refractivity contribution is 0.0666. The van der Waals surface area contributed by atoms with Gasteiger partial charge in [-0.25, -0.2) is 0 Å². The topological polar surface area (TPSA) is 60.0 Å². The summed E-state index contributed by atoms with van der Waals surface area (Å²) in [6.45, 7) is 2.51. The van der Waals surface area contributed by atoms with Crippen LogP contribution in [0.5, 0.6) is 17.2 Å². The van der Waals surface area contributed by atoms with Gasteiger partial charge in [-0.15, -0.1) is 0 Å². The van der Waals surface area contributed by atoms with Crippen molar-refractivity contribution in [3.63, 3.8) is 0 Å². The fraction of sp³-hybridized carbons (Fsp3) is 0.240. The average Bonchev–Trinajstić information content (AvgIpc) is 2.81. The van der Waals surface area contributed by atoms with Gasteiger partial charge in [-0.2, -0.15) is 0 Å². The number of hydrogen-bond acceptors (Lipinski definition) is 5. The molecular weight excluding hydrogens is 392 g/mol. The van der Waals surface area contributed by atoms with E-state index in [4.69, 9.17) is 14.2 Å². The number of fused-ring (bicyclic) bond motifs is 1. The van der Waals surface area contributed by atoms with E-state index < -0.39 is 6.17 Å². The average molecular weight is 418 g/mol. The van der Waals surface area contributed by atoms with Crippen LogP contribution in [0, 0.1) is 6.92 Å². The fourth-order valence-corrected chi connectivity index (χ4v) is 3.87. The lowest BCUT2D eigenvalue weighted by atomic mass is 10.0. The molecule has 160 valence electrons. The van der Waals surface area contributed by atoms with Crippen molar-refractivity contribution in [2.75, 3.05) is 26.6 Å². The van der Waals surface area contributed by atoms with E-state index in [9.17, 15) is 4.79 Å². The molecule has 1 aliphatic rings. The van der Waals surface area contributed by atoms with Crippen molar-refractivity contribution in [2.24, 2.45) is 0 Å². The van der Waals surface area contributed by atoms with Gasteiger partial charge < -0.3 is 24.4 Å². The number of carbonyl (C=O) groups excluding carboxylic acids is 1. The third-order valence-corrected chi connectivity index (χ3v) is 5.50. The molecule has 0 radical (unpaired) electrons. The molecule has 0 fully saturated rings. The van der Waals surface area contributed by atoms with E-state index in [2.05, 4.69) is 29.6 Å². The maximum absolute atomic E-state index is 13.5. The van der Waals surface area contributed by atoms with E-state index >= 15 is 0 Å². The first-order valence-corrected chi connectivity index (χ1v) is 10.1. The summed E-state index contributed by atoms with van der Waals surface area (Å²) in [6, 6.07) is 19.5. The van der Waals surface area contributed by atoms with Crippen LogP contribution in [-0.4, -0.2) is 32.1 Å². The number of para-hydroxylation sites is 1. The van der Waals surface area contributed by atoms with Crippen LogP contribution in [0.1, 0.15) is 33.2 Å². The molecular formula is C25H26N2O4. The Bertz CT molecular complexity index is 1070. The summed E-state index contributed by atoms with van der Waals surface area (Å²) in [7, 11) is 4.74. The molecule has 6 heteroatoms. The Morgan fingerprint density at radius 2 is 1.55 bits per heavy atom. The minimum Gasteiger partial charge on any atom is -0.493 e. The van der Waals surface area contributed by atoms with E-state index in [0.29, 0.717) is 29.4 Å². The summed E-state index contributed by atoms with van der Waals surface area (Å²) in [5, 5.41) is 3.52. The van der Waals surface area contributed by atoms with Crippen LogP contribution in [0.25, 0.3) is 0 Å². The number of benzene rings is 3. The lowest BCUT2D eigenvalue weighted by Gasteiger charge is -2.38. The standard InChI is InChI=1S/C25H26N2O4/c1-16-9-11-17(12-10-16)15-27-24(26-20-8-6-5-7-19(20)25(27)28)18-13-21(29-2)23(31-4)22(14-18)30-3/h5-14,24,26H,15H2,1-4H3. The molecule has 1 amide bonds. The third kappa shape index (κ3) is 3.89. The molecule has 4 rings (SSSR count). The van der Waals surface area contributed by atoms with Gasteiger partial charge in [-0.05, 0) is 36.8 Å². The molecule has 1 N–H and O–H groups in total. The molecule has 31 heavy (non-hydrogen) atoms. The largest absolute Gasteiger partial charge is 0.493 e. The molecule has 0 aliphatic carbocycles. The van der Waals surface area contributed by atoms with Crippen LogP contribution in [0.4, 0.5) is 5.69 Å². The van der Waals surface area contributed by atoms with Crippen molar-refractivity contribution in [3.05, 3.63) is 82.9 Å². The van der Waals surface area contributed by atoms with Crippen LogP contribution in [0.3, 0.4) is 0 Å². The van der Waals surface area contributed by atoms with Crippen LogP contribution < -0.4 is 19.5 Å². The molecule has 6 nitrogen and oxygen atoms in total. The van der Waals surface area contributed by atoms with Gasteiger partial charge in [0.1, 0.15) is 6.17 Å². The quantitative estimate of drug-likeness (QED) is 0.624. The molecule has 3 aromatic carbocycles. The van der Waals surface area contributed by atoms with Gasteiger partial charge in [0.25, 0.3) is 5.91 Å². The number of amides is 1. The highest BCUT2D eigenvalue weighted by Gasteiger charge is 2.34. The van der Waals surface area contributed by atoms with Crippen molar-refractivity contribution in [3.8, 4) is 17.2 Å². The van der Waals surface area contributed by atoms with Crippen LogP contribution in [-0.2, 0) is 6.54 Å². The van der Waals surface area contributed by atoms with Crippen molar-refractivity contribution >= 4 is 11.6 Å². The van der Waals surface area contributed by atoms with Crippen LogP contribution >= 0.6 is 0 Å². The van der Waals surface area contributed by atoms with E-state index in [1.165, 1.54) is 5.56 Å². The highest BCUT2D eigenvalue weighted by atomic mass is 16.5. The molecule has 1 heterocycles. The first kappa shape index (κ1) is 20.6. The maximum atomic E-state index is 13.5. The van der Waals surface area contributed by atoms with Crippen molar-refractivity contribution in [1.82, 2.24) is 4.90 Å². The Hall–Kier alpha value is -3.67. The minimum atomic E-state index is -0.405. The van der Waals surface area contributed by atoms with E-state index in [-0.39, 0.29) is 5.91 Å². The smallest absolute Gasteiger partial charge is 0.258 e. The molecule has 0 spiro atoms. The van der Waals surface area contributed by atoms with Gasteiger partial charge in [0.2, 0.25) is 5.75 Å². The number of nitrogens with one attached hydrogen (secondary N) is 1. The first-order chi connectivity index (χ1) is 15.0. The Kier molecular flexibility index (Phi) is 5.71. The molecule has 1 unspecified atom stereocenters. The summed E-state index contributed by atoms with van der Waals surface area (Å²) in [5.41, 5.74) is 4.52. The number of ether oxygens (including phenoxy) is 3. The van der Waals surface area contributed by atoms with Gasteiger partial charge in [0.05, 0.1) is 26.9 Å². The predicted molar refractivity (Wildman–Crippen MR) is 120 cm³/mol. The monoisotopic (exact) mass is 418 g/mol. The summed E-state index contributed by atoms with van der Waals surface area (Å²) in [6.07, 6.45) is -0.405. The second-order valence-electron chi connectivity index (χ2n) is 7.47. The number of hydrogen-bond donors (Lipinski definition) is 1. The highest BCUT2D eigenvalue weighted by molar-refractivity contribution is 6.01. The maximum Gasteiger partial charge on any atom is 0.258 e. The Morgan fingerprint density at radius 3 is 2.16 bits per heavy atom. The Labute approximate surface area is 182 Å². The molecule has 1 atom stereocenters. The summed E-state index contributed by atoms with van der Waals surface area (Å²) < 4.78 is 16.5. The summed E-state index contributed by atoms with van der Waals surface area (Å²) in [5.74, 6) is 1.57. The van der Waals surface area contributed by atoms with Gasteiger partial charge >= 0.3 is 0 Å². The number of rotatable bonds is 6. The van der Waals surface area contributed by atoms with E-state index in [0.717, 1.165) is 16.8 Å². The molecule has 1 aliphatic heterocycles. The van der Waals surface area contributed by atoms with Crippen LogP contribution in [0.2, 0.25) is 0 Å². The third-order valence-electron chi connectivity index (χ3n) is 5.50. The first-order valence-electron chi connectivity index (χ1n) is 10.1. The van der Waals surface area contributed by atoms with E-state index in [1.54, 1.807) is 21.3 Å². The van der Waals surface area contributed by atoms with Crippen LogP contribution in [0.15, 0.2) is 60.7 Å². The number of aryl methyl sites for hydroxylation is 1. The lowest BCUT2D eigenvalue weighted by Crippen LogP contribution is -2.42. The Balaban J connectivity index is 1.81. The number of nitrogens with zero attached hydrogens (tertiary/aromatic N) is 1. The second kappa shape index (κ2) is 8.60. The van der Waals surface area contributed by atoms with Gasteiger partial charge in [-0.1, -0.05) is 42.0 Å². The molecule has 0 saturated carbocycles. The van der Waals surface area contributed by atoms with Gasteiger partial charge in [-0.3, -0.25) is 4.79 Å². The summed E-state index contributed by atoms with van der Waals surface area (Å²) in [4.78, 5) is 15.3. The minimum absolute atomic E-state index is 0.0336. The van der Waals surface area contributed by atoms with Gasteiger partial charge in [0.15, 0.2) is 11.5 Å². The SMILES string of the molecule is COc1cc(C2Nc3ccccc3C(=O)N2Cc2ccc(C)cc2)cc(OC)c1OC. The molecule has 3 aromatic rings. The van der Waals surface area contributed by atoms with Gasteiger partial charge in [0, 0.05) is 17.8 Å². The fourth-order valence-electron chi connectivity index (χ4n) is 3.87. The zero-order valence-electron chi connectivity index (χ0n) is 18.1. The number of anilines is 1. The predicted octanol–water partition coefficient (Wildman–Crippen LogP) is 4.79. The second-order valence-corrected chi connectivity index (χ2v) is 7.47. The number of methoxy groups -OCH3 is 3. The van der Waals surface area contributed by atoms with E-state index in [1.807, 2.05) is 48.2 Å².